The molecule has 0 saturated heterocycles. The first kappa shape index (κ1) is 16.4. The zero-order chi connectivity index (χ0) is 15.0. The van der Waals surface area contributed by atoms with Crippen molar-refractivity contribution < 1.29 is 9.53 Å². The minimum Gasteiger partial charge on any atom is -0.383 e. The van der Waals surface area contributed by atoms with Crippen LogP contribution in [0.2, 0.25) is 0 Å². The van der Waals surface area contributed by atoms with Crippen LogP contribution in [0.25, 0.3) is 0 Å². The molecule has 0 aliphatic carbocycles. The number of H-pyrrole nitrogens is 1. The summed E-state index contributed by atoms with van der Waals surface area (Å²) in [7, 11) is 3.68. The predicted octanol–water partition coefficient (Wildman–Crippen LogP) is 0.381. The number of carbonyl (C=O) groups is 1. The van der Waals surface area contributed by atoms with Gasteiger partial charge in [-0.3, -0.25) is 9.59 Å². The molecule has 0 aromatic carbocycles. The maximum Gasteiger partial charge on any atom is 0.260 e. The van der Waals surface area contributed by atoms with Gasteiger partial charge in [-0.05, 0) is 39.1 Å². The van der Waals surface area contributed by atoms with Crippen LogP contribution in [-0.4, -0.2) is 56.2 Å². The van der Waals surface area contributed by atoms with Crippen molar-refractivity contribution in [2.45, 2.75) is 13.3 Å². The van der Waals surface area contributed by atoms with E-state index in [1.807, 2.05) is 7.05 Å². The summed E-state index contributed by atoms with van der Waals surface area (Å²) in [4.78, 5) is 28.2. The van der Waals surface area contributed by atoms with Crippen molar-refractivity contribution in [3.05, 3.63) is 33.7 Å². The number of hydrogen-bond acceptors (Lipinski definition) is 4. The Kier molecular flexibility index (Phi) is 6.97. The minimum atomic E-state index is -0.347. The van der Waals surface area contributed by atoms with Gasteiger partial charge in [0.1, 0.15) is 5.56 Å². The first-order chi connectivity index (χ1) is 9.54. The van der Waals surface area contributed by atoms with Gasteiger partial charge in [-0.25, -0.2) is 0 Å². The molecule has 2 N–H and O–H groups in total. The number of aromatic amines is 1. The van der Waals surface area contributed by atoms with Crippen LogP contribution in [-0.2, 0) is 4.74 Å². The molecule has 0 radical (unpaired) electrons. The minimum absolute atomic E-state index is 0.156. The Bertz CT molecular complexity index is 485. The fraction of sp³-hybridized carbons (Fsp3) is 0.571. The highest BCUT2D eigenvalue weighted by atomic mass is 16.5. The number of carbonyl (C=O) groups excluding carboxylic acids is 1. The SMILES string of the molecule is COCCN(C)CCCNC(=O)c1ccc(C)[nH]c1=O. The van der Waals surface area contributed by atoms with Gasteiger partial charge in [-0.1, -0.05) is 0 Å². The van der Waals surface area contributed by atoms with Crippen molar-refractivity contribution in [1.82, 2.24) is 15.2 Å². The normalized spacial score (nSPS) is 10.8. The maximum absolute atomic E-state index is 11.8. The molecule has 0 aliphatic rings. The number of ether oxygens (including phenoxy) is 1. The van der Waals surface area contributed by atoms with Gasteiger partial charge in [-0.15, -0.1) is 0 Å². The van der Waals surface area contributed by atoms with Gasteiger partial charge in [0, 0.05) is 25.9 Å². The van der Waals surface area contributed by atoms with E-state index in [1.165, 1.54) is 0 Å². The van der Waals surface area contributed by atoms with Crippen molar-refractivity contribution in [2.24, 2.45) is 0 Å². The van der Waals surface area contributed by atoms with Crippen LogP contribution in [0.3, 0.4) is 0 Å². The molecule has 0 unspecified atom stereocenters. The highest BCUT2D eigenvalue weighted by molar-refractivity contribution is 5.93. The van der Waals surface area contributed by atoms with Crippen LogP contribution in [0.5, 0.6) is 0 Å². The smallest absolute Gasteiger partial charge is 0.260 e. The van der Waals surface area contributed by atoms with E-state index in [1.54, 1.807) is 26.2 Å². The number of nitrogens with zero attached hydrogens (tertiary/aromatic N) is 1. The Labute approximate surface area is 119 Å². The van der Waals surface area contributed by atoms with E-state index in [9.17, 15) is 9.59 Å². The number of hydrogen-bond donors (Lipinski definition) is 2. The second-order valence-electron chi connectivity index (χ2n) is 4.79. The van der Waals surface area contributed by atoms with E-state index >= 15 is 0 Å². The Morgan fingerprint density at radius 3 is 2.80 bits per heavy atom. The van der Waals surface area contributed by atoms with E-state index in [4.69, 9.17) is 4.74 Å². The topological polar surface area (TPSA) is 74.4 Å². The lowest BCUT2D eigenvalue weighted by Gasteiger charge is -2.15. The van der Waals surface area contributed by atoms with E-state index < -0.39 is 0 Å². The summed E-state index contributed by atoms with van der Waals surface area (Å²) < 4.78 is 4.99. The lowest BCUT2D eigenvalue weighted by atomic mass is 10.2. The van der Waals surface area contributed by atoms with Crippen LogP contribution in [0.15, 0.2) is 16.9 Å². The Hall–Kier alpha value is -1.66. The molecule has 1 aromatic rings. The monoisotopic (exact) mass is 281 g/mol. The average Bonchev–Trinajstić information content (AvgIpc) is 2.41. The molecule has 1 amide bonds. The molecule has 20 heavy (non-hydrogen) atoms. The molecule has 1 rings (SSSR count). The Balaban J connectivity index is 2.31. The van der Waals surface area contributed by atoms with Gasteiger partial charge < -0.3 is 19.9 Å². The predicted molar refractivity (Wildman–Crippen MR) is 78.1 cm³/mol. The van der Waals surface area contributed by atoms with Crippen LogP contribution in [0.4, 0.5) is 0 Å². The van der Waals surface area contributed by atoms with Crippen molar-refractivity contribution >= 4 is 5.91 Å². The van der Waals surface area contributed by atoms with Gasteiger partial charge in [-0.2, -0.15) is 0 Å². The molecule has 0 bridgehead atoms. The molecule has 1 heterocycles. The lowest BCUT2D eigenvalue weighted by Crippen LogP contribution is -2.32. The number of nitrogens with one attached hydrogen (secondary N) is 2. The van der Waals surface area contributed by atoms with Gasteiger partial charge in [0.05, 0.1) is 6.61 Å². The summed E-state index contributed by atoms with van der Waals surface area (Å²) in [5.41, 5.74) is 0.550. The first-order valence-electron chi connectivity index (χ1n) is 6.70. The number of aromatic nitrogens is 1. The number of amides is 1. The molecule has 0 aliphatic heterocycles. The highest BCUT2D eigenvalue weighted by Gasteiger charge is 2.09. The lowest BCUT2D eigenvalue weighted by molar-refractivity contribution is 0.0949. The number of aryl methyl sites for hydroxylation is 1. The Morgan fingerprint density at radius 2 is 2.15 bits per heavy atom. The molecule has 0 spiro atoms. The zero-order valence-electron chi connectivity index (χ0n) is 12.4. The quantitative estimate of drug-likeness (QED) is 0.676. The summed E-state index contributed by atoms with van der Waals surface area (Å²) in [6.07, 6.45) is 0.829. The third-order valence-electron chi connectivity index (χ3n) is 2.98. The third kappa shape index (κ3) is 5.54. The molecule has 1 aromatic heterocycles. The molecule has 6 heteroatoms. The second kappa shape index (κ2) is 8.50. The number of likely N-dealkylation sites (N-methyl/N-ethyl adjacent to an activating group) is 1. The fourth-order valence-corrected chi connectivity index (χ4v) is 1.76. The van der Waals surface area contributed by atoms with E-state index in [-0.39, 0.29) is 17.0 Å². The molecular weight excluding hydrogens is 258 g/mol. The summed E-state index contributed by atoms with van der Waals surface area (Å²) in [6.45, 7) is 4.75. The summed E-state index contributed by atoms with van der Waals surface area (Å²) >= 11 is 0. The number of methoxy groups -OCH3 is 1. The van der Waals surface area contributed by atoms with Gasteiger partial charge in [0.25, 0.3) is 11.5 Å². The largest absolute Gasteiger partial charge is 0.383 e. The summed E-state index contributed by atoms with van der Waals surface area (Å²) in [5.74, 6) is -0.328. The van der Waals surface area contributed by atoms with Crippen LogP contribution < -0.4 is 10.9 Å². The molecule has 0 saturated carbocycles. The highest BCUT2D eigenvalue weighted by Crippen LogP contribution is 1.94. The third-order valence-corrected chi connectivity index (χ3v) is 2.98. The first-order valence-corrected chi connectivity index (χ1v) is 6.70. The van der Waals surface area contributed by atoms with Crippen molar-refractivity contribution in [2.75, 3.05) is 40.4 Å². The molecular formula is C14H23N3O3. The van der Waals surface area contributed by atoms with Crippen molar-refractivity contribution in [3.8, 4) is 0 Å². The van der Waals surface area contributed by atoms with E-state index in [0.29, 0.717) is 13.2 Å². The van der Waals surface area contributed by atoms with Crippen LogP contribution in [0.1, 0.15) is 22.5 Å². The standard InChI is InChI=1S/C14H23N3O3/c1-11-5-6-12(14(19)16-11)13(18)15-7-4-8-17(2)9-10-20-3/h5-6H,4,7-10H2,1-3H3,(H,15,18)(H,16,19). The molecule has 6 nitrogen and oxygen atoms in total. The maximum atomic E-state index is 11.8. The molecule has 0 atom stereocenters. The van der Waals surface area contributed by atoms with Crippen LogP contribution >= 0.6 is 0 Å². The average molecular weight is 281 g/mol. The van der Waals surface area contributed by atoms with Crippen molar-refractivity contribution in [1.29, 1.82) is 0 Å². The number of pyridine rings is 1. The zero-order valence-corrected chi connectivity index (χ0v) is 12.4. The van der Waals surface area contributed by atoms with E-state index in [0.717, 1.165) is 25.2 Å². The van der Waals surface area contributed by atoms with Crippen LogP contribution in [0, 0.1) is 6.92 Å². The van der Waals surface area contributed by atoms with Gasteiger partial charge in [0.15, 0.2) is 0 Å². The fourth-order valence-electron chi connectivity index (χ4n) is 1.76. The Morgan fingerprint density at radius 1 is 1.40 bits per heavy atom. The van der Waals surface area contributed by atoms with Crippen molar-refractivity contribution in [3.63, 3.8) is 0 Å². The molecule has 0 fully saturated rings. The number of rotatable bonds is 8. The van der Waals surface area contributed by atoms with E-state index in [2.05, 4.69) is 15.2 Å². The van der Waals surface area contributed by atoms with Gasteiger partial charge >= 0.3 is 0 Å². The molecule has 112 valence electrons. The summed E-state index contributed by atoms with van der Waals surface area (Å²) in [6, 6.07) is 3.27. The summed E-state index contributed by atoms with van der Waals surface area (Å²) in [5, 5.41) is 2.75. The van der Waals surface area contributed by atoms with Gasteiger partial charge in [0.2, 0.25) is 0 Å². The second-order valence-corrected chi connectivity index (χ2v) is 4.79.